The predicted octanol–water partition coefficient (Wildman–Crippen LogP) is 1.04. The Balaban J connectivity index is 2.13. The molecule has 7 nitrogen and oxygen atoms in total. The Morgan fingerprint density at radius 2 is 2.09 bits per heavy atom. The lowest BCUT2D eigenvalue weighted by atomic mass is 10.1. The molecule has 0 radical (unpaired) electrons. The van der Waals surface area contributed by atoms with Crippen LogP contribution in [0, 0.1) is 11.3 Å². The number of carbonyl (C=O) groups is 1. The van der Waals surface area contributed by atoms with Crippen LogP contribution in [0.5, 0.6) is 0 Å². The topological polar surface area (TPSA) is 94.2 Å². The molecule has 1 atom stereocenters. The summed E-state index contributed by atoms with van der Waals surface area (Å²) in [7, 11) is 0. The Morgan fingerprint density at radius 3 is 2.70 bits per heavy atom. The predicted molar refractivity (Wildman–Crippen MR) is 80.2 cm³/mol. The van der Waals surface area contributed by atoms with E-state index in [2.05, 4.69) is 4.98 Å². The summed E-state index contributed by atoms with van der Waals surface area (Å²) in [6.45, 7) is 1.98. The van der Waals surface area contributed by atoms with E-state index in [0.717, 1.165) is 10.3 Å². The molecule has 23 heavy (non-hydrogen) atoms. The van der Waals surface area contributed by atoms with Crippen molar-refractivity contribution in [1.82, 2.24) is 9.71 Å². The van der Waals surface area contributed by atoms with E-state index in [-0.39, 0.29) is 18.9 Å². The molecule has 1 heterocycles. The monoisotopic (exact) mass is 313 g/mol. The molecule has 0 N–H and O–H groups in total. The van der Waals surface area contributed by atoms with Gasteiger partial charge in [0, 0.05) is 0 Å². The first-order valence-corrected chi connectivity index (χ1v) is 6.98. The van der Waals surface area contributed by atoms with Crippen molar-refractivity contribution in [3.8, 4) is 6.07 Å². The van der Waals surface area contributed by atoms with Crippen LogP contribution in [0.3, 0.4) is 0 Å². The lowest BCUT2D eigenvalue weighted by molar-refractivity contribution is -0.143. The van der Waals surface area contributed by atoms with E-state index in [1.54, 1.807) is 13.0 Å². The molecule has 0 aliphatic carbocycles. The Kier molecular flexibility index (Phi) is 5.47. The molecule has 0 aliphatic rings. The lowest BCUT2D eigenvalue weighted by Crippen LogP contribution is -2.30. The minimum Gasteiger partial charge on any atom is -0.465 e. The average molecular weight is 313 g/mol. The van der Waals surface area contributed by atoms with Crippen molar-refractivity contribution in [2.24, 2.45) is 0 Å². The number of nitrogens with zero attached hydrogens (tertiary/aromatic N) is 3. The molecule has 0 aliphatic heterocycles. The highest BCUT2D eigenvalue weighted by Crippen LogP contribution is 2.12. The first-order chi connectivity index (χ1) is 11.2. The molecule has 118 valence electrons. The van der Waals surface area contributed by atoms with E-state index in [1.807, 2.05) is 30.3 Å². The van der Waals surface area contributed by atoms with Crippen molar-refractivity contribution in [2.75, 3.05) is 6.61 Å². The maximum atomic E-state index is 11.9. The fourth-order valence-electron chi connectivity index (χ4n) is 1.85. The van der Waals surface area contributed by atoms with Crippen LogP contribution in [0.25, 0.3) is 0 Å². The molecule has 0 spiro atoms. The number of benzene rings is 1. The molecule has 0 saturated heterocycles. The minimum atomic E-state index is -1.23. The van der Waals surface area contributed by atoms with Crippen LogP contribution in [0.1, 0.15) is 24.1 Å². The minimum absolute atomic E-state index is 0.0375. The Bertz CT molecular complexity index is 765. The van der Waals surface area contributed by atoms with Crippen LogP contribution in [-0.2, 0) is 16.1 Å². The fourth-order valence-corrected chi connectivity index (χ4v) is 1.85. The first kappa shape index (κ1) is 16.2. The Labute approximate surface area is 132 Å². The second-order valence-corrected chi connectivity index (χ2v) is 4.53. The molecule has 1 unspecified atom stereocenters. The van der Waals surface area contributed by atoms with Crippen molar-refractivity contribution < 1.29 is 14.4 Å². The molecule has 1 aromatic heterocycles. The molecule has 2 aromatic rings. The zero-order valence-electron chi connectivity index (χ0n) is 12.5. The van der Waals surface area contributed by atoms with Gasteiger partial charge in [-0.1, -0.05) is 30.3 Å². The number of nitriles is 1. The molecule has 1 aromatic carbocycles. The third-order valence-electron chi connectivity index (χ3n) is 2.95. The van der Waals surface area contributed by atoms with E-state index >= 15 is 0 Å². The number of hydrogen-bond acceptors (Lipinski definition) is 6. The smallest absolute Gasteiger partial charge is 0.380 e. The number of ether oxygens (including phenoxy) is 1. The highest BCUT2D eigenvalue weighted by molar-refractivity contribution is 5.80. The van der Waals surface area contributed by atoms with Crippen molar-refractivity contribution in [3.63, 3.8) is 0 Å². The molecule has 2 rings (SSSR count). The van der Waals surface area contributed by atoms with Gasteiger partial charge in [-0.25, -0.2) is 4.79 Å². The summed E-state index contributed by atoms with van der Waals surface area (Å²) >= 11 is 0. The summed E-state index contributed by atoms with van der Waals surface area (Å²) in [6, 6.07) is 12.5. The SMILES string of the molecule is CCOC(=O)C(C#N)c1ccn(OCc2ccccc2)c(=O)n1. The van der Waals surface area contributed by atoms with E-state index in [4.69, 9.17) is 14.8 Å². The van der Waals surface area contributed by atoms with E-state index in [9.17, 15) is 9.59 Å². The third-order valence-corrected chi connectivity index (χ3v) is 2.95. The van der Waals surface area contributed by atoms with Crippen molar-refractivity contribution in [1.29, 1.82) is 5.26 Å². The summed E-state index contributed by atoms with van der Waals surface area (Å²) in [6.07, 6.45) is 1.33. The zero-order valence-corrected chi connectivity index (χ0v) is 12.5. The second-order valence-electron chi connectivity index (χ2n) is 4.53. The van der Waals surface area contributed by atoms with Gasteiger partial charge in [0.05, 0.1) is 24.6 Å². The molecule has 0 fully saturated rings. The summed E-state index contributed by atoms with van der Waals surface area (Å²) in [5, 5.41) is 9.06. The van der Waals surface area contributed by atoms with Gasteiger partial charge in [-0.2, -0.15) is 10.2 Å². The molecule has 0 bridgehead atoms. The zero-order chi connectivity index (χ0) is 16.7. The van der Waals surface area contributed by atoms with Gasteiger partial charge in [0.1, 0.15) is 6.61 Å². The third kappa shape index (κ3) is 4.17. The molecular weight excluding hydrogens is 298 g/mol. The van der Waals surface area contributed by atoms with Gasteiger partial charge < -0.3 is 9.57 Å². The maximum Gasteiger partial charge on any atom is 0.380 e. The number of aromatic nitrogens is 2. The van der Waals surface area contributed by atoms with Gasteiger partial charge in [-0.15, -0.1) is 4.73 Å². The van der Waals surface area contributed by atoms with E-state index in [1.165, 1.54) is 12.3 Å². The number of esters is 1. The van der Waals surface area contributed by atoms with Crippen molar-refractivity contribution in [2.45, 2.75) is 19.4 Å². The highest BCUT2D eigenvalue weighted by Gasteiger charge is 2.23. The number of hydrogen-bond donors (Lipinski definition) is 0. The standard InChI is InChI=1S/C16H15N3O4/c1-2-22-15(20)13(10-17)14-8-9-19(16(21)18-14)23-11-12-6-4-3-5-7-12/h3-9,13H,2,11H2,1H3. The van der Waals surface area contributed by atoms with Gasteiger partial charge in [0.15, 0.2) is 5.92 Å². The fraction of sp³-hybridized carbons (Fsp3) is 0.250. The van der Waals surface area contributed by atoms with Crippen LogP contribution in [0.15, 0.2) is 47.4 Å². The van der Waals surface area contributed by atoms with Crippen LogP contribution in [0.4, 0.5) is 0 Å². The van der Waals surface area contributed by atoms with Gasteiger partial charge in [0.2, 0.25) is 0 Å². The van der Waals surface area contributed by atoms with E-state index in [0.29, 0.717) is 0 Å². The second kappa shape index (κ2) is 7.75. The maximum absolute atomic E-state index is 11.9. The van der Waals surface area contributed by atoms with Gasteiger partial charge >= 0.3 is 11.7 Å². The number of carbonyl (C=O) groups excluding carboxylic acids is 1. The van der Waals surface area contributed by atoms with Crippen molar-refractivity contribution in [3.05, 3.63) is 64.3 Å². The van der Waals surface area contributed by atoms with Gasteiger partial charge in [-0.05, 0) is 18.6 Å². The quantitative estimate of drug-likeness (QED) is 0.740. The molecule has 0 saturated carbocycles. The Morgan fingerprint density at radius 1 is 1.35 bits per heavy atom. The van der Waals surface area contributed by atoms with Crippen LogP contribution >= 0.6 is 0 Å². The summed E-state index contributed by atoms with van der Waals surface area (Å²) in [5.41, 5.74) is 0.225. The molecule has 7 heteroatoms. The summed E-state index contributed by atoms with van der Waals surface area (Å²) in [5.74, 6) is -1.96. The lowest BCUT2D eigenvalue weighted by Gasteiger charge is -2.10. The number of rotatable bonds is 6. The van der Waals surface area contributed by atoms with Crippen molar-refractivity contribution >= 4 is 5.97 Å². The first-order valence-electron chi connectivity index (χ1n) is 6.98. The van der Waals surface area contributed by atoms with Gasteiger partial charge in [-0.3, -0.25) is 4.79 Å². The summed E-state index contributed by atoms with van der Waals surface area (Å²) in [4.78, 5) is 32.6. The van der Waals surface area contributed by atoms with Crippen LogP contribution in [-0.4, -0.2) is 22.3 Å². The highest BCUT2D eigenvalue weighted by atomic mass is 16.7. The molecular formula is C16H15N3O4. The van der Waals surface area contributed by atoms with E-state index < -0.39 is 17.6 Å². The van der Waals surface area contributed by atoms with Gasteiger partial charge in [0.25, 0.3) is 0 Å². The Hall–Kier alpha value is -3.14. The molecule has 0 amide bonds. The summed E-state index contributed by atoms with van der Waals surface area (Å²) < 4.78 is 5.74. The average Bonchev–Trinajstić information content (AvgIpc) is 2.56. The normalized spacial score (nSPS) is 11.3. The van der Waals surface area contributed by atoms with Crippen LogP contribution in [0.2, 0.25) is 0 Å². The largest absolute Gasteiger partial charge is 0.465 e. The van der Waals surface area contributed by atoms with Crippen LogP contribution < -0.4 is 10.5 Å².